The molecule has 0 radical (unpaired) electrons. The lowest BCUT2D eigenvalue weighted by atomic mass is 10.1. The minimum atomic E-state index is -0.130. The topological polar surface area (TPSA) is 82.9 Å². The summed E-state index contributed by atoms with van der Waals surface area (Å²) >= 11 is 11.6. The smallest absolute Gasteiger partial charge is 0.240 e. The van der Waals surface area contributed by atoms with E-state index in [2.05, 4.69) is 21.1 Å². The highest BCUT2D eigenvalue weighted by Crippen LogP contribution is 2.09. The minimum Gasteiger partial charge on any atom is -0.273 e. The van der Waals surface area contributed by atoms with E-state index in [1.54, 1.807) is 36.7 Å². The number of carbonyl (C=O) groups excluding carboxylic acids is 2. The zero-order valence-electron chi connectivity index (χ0n) is 16.5. The first kappa shape index (κ1) is 23.6. The number of halogens is 2. The van der Waals surface area contributed by atoms with Crippen LogP contribution in [0.1, 0.15) is 49.7 Å². The van der Waals surface area contributed by atoms with Crippen molar-refractivity contribution in [2.75, 3.05) is 0 Å². The van der Waals surface area contributed by atoms with Gasteiger partial charge in [-0.1, -0.05) is 60.3 Å². The predicted molar refractivity (Wildman–Crippen MR) is 122 cm³/mol. The second kappa shape index (κ2) is 13.5. The lowest BCUT2D eigenvalue weighted by Crippen LogP contribution is -2.17. The molecule has 2 aromatic rings. The van der Waals surface area contributed by atoms with Gasteiger partial charge >= 0.3 is 0 Å². The fourth-order valence-corrected chi connectivity index (χ4v) is 2.74. The van der Waals surface area contributed by atoms with Crippen molar-refractivity contribution in [2.24, 2.45) is 10.2 Å². The van der Waals surface area contributed by atoms with Gasteiger partial charge in [0, 0.05) is 22.9 Å². The fraction of sp³-hybridized carbons (Fsp3) is 0.273. The van der Waals surface area contributed by atoms with Crippen LogP contribution in [0.15, 0.2) is 58.7 Å². The van der Waals surface area contributed by atoms with Crippen LogP contribution in [0.25, 0.3) is 0 Å². The van der Waals surface area contributed by atoms with Crippen LogP contribution in [-0.4, -0.2) is 24.2 Å². The minimum absolute atomic E-state index is 0.130. The van der Waals surface area contributed by atoms with Crippen molar-refractivity contribution in [1.82, 2.24) is 10.9 Å². The number of nitrogens with zero attached hydrogens (tertiary/aromatic N) is 2. The molecule has 0 unspecified atom stereocenters. The van der Waals surface area contributed by atoms with E-state index in [9.17, 15) is 9.59 Å². The van der Waals surface area contributed by atoms with Crippen molar-refractivity contribution in [2.45, 2.75) is 38.5 Å². The number of hydrazone groups is 2. The van der Waals surface area contributed by atoms with Crippen LogP contribution in [0.5, 0.6) is 0 Å². The average molecular weight is 447 g/mol. The molecule has 158 valence electrons. The Morgan fingerprint density at radius 3 is 1.40 bits per heavy atom. The third-order valence-corrected chi connectivity index (χ3v) is 4.61. The van der Waals surface area contributed by atoms with Crippen LogP contribution in [0, 0.1) is 0 Å². The summed E-state index contributed by atoms with van der Waals surface area (Å²) in [7, 11) is 0. The molecule has 0 aliphatic rings. The summed E-state index contributed by atoms with van der Waals surface area (Å²) in [6.45, 7) is 0. The van der Waals surface area contributed by atoms with Crippen LogP contribution in [0.4, 0.5) is 0 Å². The van der Waals surface area contributed by atoms with Crippen molar-refractivity contribution >= 4 is 47.4 Å². The zero-order chi connectivity index (χ0) is 21.6. The van der Waals surface area contributed by atoms with Crippen molar-refractivity contribution in [3.8, 4) is 0 Å². The molecule has 0 bridgehead atoms. The maximum atomic E-state index is 11.7. The first-order valence-electron chi connectivity index (χ1n) is 9.68. The van der Waals surface area contributed by atoms with E-state index in [1.807, 2.05) is 24.3 Å². The van der Waals surface area contributed by atoms with E-state index in [-0.39, 0.29) is 11.8 Å². The first-order valence-corrected chi connectivity index (χ1v) is 10.4. The van der Waals surface area contributed by atoms with E-state index >= 15 is 0 Å². The lowest BCUT2D eigenvalue weighted by Gasteiger charge is -2.02. The van der Waals surface area contributed by atoms with Crippen LogP contribution >= 0.6 is 23.2 Å². The molecule has 0 heterocycles. The number of nitrogens with one attached hydrogen (secondary N) is 2. The first-order chi connectivity index (χ1) is 14.5. The van der Waals surface area contributed by atoms with Gasteiger partial charge in [-0.2, -0.15) is 10.2 Å². The number of unbranched alkanes of at least 4 members (excludes halogenated alkanes) is 3. The molecule has 0 spiro atoms. The summed E-state index contributed by atoms with van der Waals surface area (Å²) in [6.07, 6.45) is 7.18. The third kappa shape index (κ3) is 10.2. The van der Waals surface area contributed by atoms with E-state index in [4.69, 9.17) is 23.2 Å². The number of carbonyl (C=O) groups is 2. The Kier molecular flexibility index (Phi) is 10.6. The normalized spacial score (nSPS) is 11.1. The summed E-state index contributed by atoms with van der Waals surface area (Å²) in [5.41, 5.74) is 6.72. The lowest BCUT2D eigenvalue weighted by molar-refractivity contribution is -0.122. The van der Waals surface area contributed by atoms with Gasteiger partial charge in [0.2, 0.25) is 11.8 Å². The second-order valence-electron chi connectivity index (χ2n) is 6.60. The Bertz CT molecular complexity index is 792. The highest BCUT2D eigenvalue weighted by atomic mass is 35.5. The molecule has 2 rings (SSSR count). The zero-order valence-corrected chi connectivity index (χ0v) is 18.0. The molecule has 0 saturated carbocycles. The maximum Gasteiger partial charge on any atom is 0.240 e. The molecule has 2 amide bonds. The molecule has 0 atom stereocenters. The number of hydrogen-bond acceptors (Lipinski definition) is 4. The van der Waals surface area contributed by atoms with E-state index in [0.717, 1.165) is 36.8 Å². The maximum absolute atomic E-state index is 11.7. The molecule has 2 N–H and O–H groups in total. The van der Waals surface area contributed by atoms with Crippen LogP contribution in [0.3, 0.4) is 0 Å². The van der Waals surface area contributed by atoms with Gasteiger partial charge in [-0.15, -0.1) is 0 Å². The average Bonchev–Trinajstić information content (AvgIpc) is 2.73. The number of benzene rings is 2. The van der Waals surface area contributed by atoms with Gasteiger partial charge in [-0.05, 0) is 48.2 Å². The largest absolute Gasteiger partial charge is 0.273 e. The summed E-state index contributed by atoms with van der Waals surface area (Å²) in [5.74, 6) is -0.260. The molecule has 6 nitrogen and oxygen atoms in total. The molecule has 2 aromatic carbocycles. The van der Waals surface area contributed by atoms with Crippen LogP contribution in [0.2, 0.25) is 10.0 Å². The molecular formula is C22H24Cl2N4O2. The molecule has 0 aliphatic heterocycles. The van der Waals surface area contributed by atoms with Crippen LogP contribution in [-0.2, 0) is 9.59 Å². The standard InChI is InChI=1S/C22H24Cl2N4O2/c23-19-11-7-17(8-12-19)15-25-27-21(29)5-3-1-2-4-6-22(30)28-26-16-18-9-13-20(24)14-10-18/h7-16H,1-6H2,(H,27,29)(H,28,30)/b25-15-,26-16-. The fourth-order valence-electron chi connectivity index (χ4n) is 2.49. The van der Waals surface area contributed by atoms with Gasteiger partial charge in [-0.3, -0.25) is 9.59 Å². The Balaban J connectivity index is 1.49. The van der Waals surface area contributed by atoms with Crippen molar-refractivity contribution in [3.05, 3.63) is 69.7 Å². The van der Waals surface area contributed by atoms with Gasteiger partial charge in [0.25, 0.3) is 0 Å². The summed E-state index contributed by atoms with van der Waals surface area (Å²) in [6, 6.07) is 14.3. The van der Waals surface area contributed by atoms with Crippen molar-refractivity contribution < 1.29 is 9.59 Å². The second-order valence-corrected chi connectivity index (χ2v) is 7.48. The van der Waals surface area contributed by atoms with E-state index in [0.29, 0.717) is 22.9 Å². The molecule has 0 aliphatic carbocycles. The van der Waals surface area contributed by atoms with Gasteiger partial charge in [-0.25, -0.2) is 10.9 Å². The summed E-state index contributed by atoms with van der Waals surface area (Å²) < 4.78 is 0. The van der Waals surface area contributed by atoms with Gasteiger partial charge < -0.3 is 0 Å². The number of rotatable bonds is 11. The Morgan fingerprint density at radius 1 is 0.667 bits per heavy atom. The van der Waals surface area contributed by atoms with E-state index in [1.165, 1.54) is 0 Å². The monoisotopic (exact) mass is 446 g/mol. The number of amides is 2. The van der Waals surface area contributed by atoms with Gasteiger partial charge in [0.05, 0.1) is 12.4 Å². The SMILES string of the molecule is O=C(CCCCCCC(=O)N/N=C\c1ccc(Cl)cc1)N/N=C\c1ccc(Cl)cc1. The number of hydrogen-bond donors (Lipinski definition) is 2. The molecule has 8 heteroatoms. The third-order valence-electron chi connectivity index (χ3n) is 4.10. The quantitative estimate of drug-likeness (QED) is 0.291. The highest BCUT2D eigenvalue weighted by molar-refractivity contribution is 6.30. The molecule has 0 aromatic heterocycles. The van der Waals surface area contributed by atoms with Gasteiger partial charge in [0.15, 0.2) is 0 Å². The van der Waals surface area contributed by atoms with Crippen molar-refractivity contribution in [1.29, 1.82) is 0 Å². The predicted octanol–water partition coefficient (Wildman–Crippen LogP) is 4.93. The molecule has 0 saturated heterocycles. The Hall–Kier alpha value is -2.70. The molecular weight excluding hydrogens is 423 g/mol. The Labute approximate surface area is 186 Å². The highest BCUT2D eigenvalue weighted by Gasteiger charge is 2.02. The Morgan fingerprint density at radius 2 is 1.03 bits per heavy atom. The molecule has 30 heavy (non-hydrogen) atoms. The van der Waals surface area contributed by atoms with Crippen molar-refractivity contribution in [3.63, 3.8) is 0 Å². The molecule has 0 fully saturated rings. The van der Waals surface area contributed by atoms with Crippen LogP contribution < -0.4 is 10.9 Å². The summed E-state index contributed by atoms with van der Waals surface area (Å²) in [5, 5.41) is 9.15. The summed E-state index contributed by atoms with van der Waals surface area (Å²) in [4.78, 5) is 23.5. The van der Waals surface area contributed by atoms with E-state index < -0.39 is 0 Å². The van der Waals surface area contributed by atoms with Gasteiger partial charge in [0.1, 0.15) is 0 Å².